The highest BCUT2D eigenvalue weighted by atomic mass is 16.4. The third-order valence-electron chi connectivity index (χ3n) is 2.90. The van der Waals surface area contributed by atoms with Crippen LogP contribution in [0.15, 0.2) is 18.2 Å². The van der Waals surface area contributed by atoms with E-state index in [0.29, 0.717) is 16.9 Å². The predicted molar refractivity (Wildman–Crippen MR) is 64.6 cm³/mol. The molecule has 6 heteroatoms. The first-order chi connectivity index (χ1) is 8.58. The number of rotatable bonds is 4. The van der Waals surface area contributed by atoms with Crippen LogP contribution in [0.25, 0.3) is 11.0 Å². The SMILES string of the molecule is Cc1nc2cc(C(=O)O)ccc2n1C(CO)CO. The van der Waals surface area contributed by atoms with Crippen molar-refractivity contribution in [1.82, 2.24) is 9.55 Å². The number of aliphatic hydroxyl groups excluding tert-OH is 2. The lowest BCUT2D eigenvalue weighted by atomic mass is 10.2. The minimum absolute atomic E-state index is 0.164. The molecule has 2 aromatic rings. The van der Waals surface area contributed by atoms with Gasteiger partial charge in [-0.25, -0.2) is 9.78 Å². The van der Waals surface area contributed by atoms with E-state index in [2.05, 4.69) is 4.98 Å². The summed E-state index contributed by atoms with van der Waals surface area (Å²) in [6.07, 6.45) is 0. The zero-order chi connectivity index (χ0) is 13.3. The smallest absolute Gasteiger partial charge is 0.335 e. The molecule has 0 saturated heterocycles. The number of carboxylic acids is 1. The molecule has 0 radical (unpaired) electrons. The molecule has 3 N–H and O–H groups in total. The van der Waals surface area contributed by atoms with Crippen molar-refractivity contribution in [2.75, 3.05) is 13.2 Å². The Morgan fingerprint density at radius 3 is 2.61 bits per heavy atom. The third-order valence-corrected chi connectivity index (χ3v) is 2.90. The van der Waals surface area contributed by atoms with Crippen molar-refractivity contribution in [3.05, 3.63) is 29.6 Å². The Hall–Kier alpha value is -1.92. The molecule has 1 aromatic carbocycles. The van der Waals surface area contributed by atoms with Gasteiger partial charge in [0.1, 0.15) is 5.82 Å². The first-order valence-electron chi connectivity index (χ1n) is 5.52. The molecule has 2 rings (SSSR count). The van der Waals surface area contributed by atoms with Crippen molar-refractivity contribution in [3.8, 4) is 0 Å². The number of carboxylic acid groups (broad SMARTS) is 1. The van der Waals surface area contributed by atoms with Gasteiger partial charge >= 0.3 is 5.97 Å². The summed E-state index contributed by atoms with van der Waals surface area (Å²) in [5, 5.41) is 27.4. The van der Waals surface area contributed by atoms with E-state index in [9.17, 15) is 15.0 Å². The third kappa shape index (κ3) is 1.96. The van der Waals surface area contributed by atoms with Gasteiger partial charge in [-0.1, -0.05) is 0 Å². The molecular weight excluding hydrogens is 236 g/mol. The maximum atomic E-state index is 10.9. The maximum absolute atomic E-state index is 10.9. The van der Waals surface area contributed by atoms with Gasteiger partial charge in [0, 0.05) is 0 Å². The molecule has 0 unspecified atom stereocenters. The van der Waals surface area contributed by atoms with Crippen LogP contribution in [0.5, 0.6) is 0 Å². The largest absolute Gasteiger partial charge is 0.478 e. The number of hydrogen-bond acceptors (Lipinski definition) is 4. The van der Waals surface area contributed by atoms with Crippen LogP contribution in [0.2, 0.25) is 0 Å². The first kappa shape index (κ1) is 12.5. The lowest BCUT2D eigenvalue weighted by Crippen LogP contribution is -2.18. The first-order valence-corrected chi connectivity index (χ1v) is 5.52. The number of imidazole rings is 1. The van der Waals surface area contributed by atoms with E-state index in [-0.39, 0.29) is 18.8 Å². The van der Waals surface area contributed by atoms with E-state index < -0.39 is 12.0 Å². The van der Waals surface area contributed by atoms with Crippen molar-refractivity contribution in [1.29, 1.82) is 0 Å². The van der Waals surface area contributed by atoms with E-state index in [1.165, 1.54) is 12.1 Å². The van der Waals surface area contributed by atoms with Gasteiger partial charge < -0.3 is 19.9 Å². The molecule has 96 valence electrons. The maximum Gasteiger partial charge on any atom is 0.335 e. The highest BCUT2D eigenvalue weighted by Crippen LogP contribution is 2.22. The van der Waals surface area contributed by atoms with Crippen molar-refractivity contribution >= 4 is 17.0 Å². The summed E-state index contributed by atoms with van der Waals surface area (Å²) in [5.41, 5.74) is 1.40. The van der Waals surface area contributed by atoms with Crippen LogP contribution in [0.3, 0.4) is 0 Å². The molecule has 0 aliphatic rings. The van der Waals surface area contributed by atoms with E-state index in [0.717, 1.165) is 0 Å². The summed E-state index contributed by atoms with van der Waals surface area (Å²) in [5.74, 6) is -0.384. The average Bonchev–Trinajstić information content (AvgIpc) is 2.67. The van der Waals surface area contributed by atoms with Gasteiger partial charge in [0.2, 0.25) is 0 Å². The molecule has 18 heavy (non-hydrogen) atoms. The van der Waals surface area contributed by atoms with Crippen molar-refractivity contribution in [2.45, 2.75) is 13.0 Å². The van der Waals surface area contributed by atoms with Crippen LogP contribution in [0, 0.1) is 6.92 Å². The second-order valence-corrected chi connectivity index (χ2v) is 4.06. The minimum atomic E-state index is -1.01. The number of aryl methyl sites for hydroxylation is 1. The van der Waals surface area contributed by atoms with Crippen LogP contribution >= 0.6 is 0 Å². The Kier molecular flexibility index (Phi) is 3.31. The molecule has 1 heterocycles. The van der Waals surface area contributed by atoms with Crippen LogP contribution in [0.1, 0.15) is 22.2 Å². The molecule has 1 aromatic heterocycles. The topological polar surface area (TPSA) is 95.6 Å². The number of aromatic carboxylic acids is 1. The van der Waals surface area contributed by atoms with Crippen molar-refractivity contribution < 1.29 is 20.1 Å². The molecule has 0 atom stereocenters. The standard InChI is InChI=1S/C12H14N2O4/c1-7-13-10-4-8(12(17)18)2-3-11(10)14(7)9(5-15)6-16/h2-4,9,15-16H,5-6H2,1H3,(H,17,18). The van der Waals surface area contributed by atoms with Gasteiger partial charge in [-0.15, -0.1) is 0 Å². The quantitative estimate of drug-likeness (QED) is 0.737. The monoisotopic (exact) mass is 250 g/mol. The number of aromatic nitrogens is 2. The highest BCUT2D eigenvalue weighted by molar-refractivity contribution is 5.92. The summed E-state index contributed by atoms with van der Waals surface area (Å²) < 4.78 is 1.71. The lowest BCUT2D eigenvalue weighted by molar-refractivity contribution is 0.0697. The van der Waals surface area contributed by atoms with E-state index in [1.54, 1.807) is 17.6 Å². The minimum Gasteiger partial charge on any atom is -0.478 e. The second-order valence-electron chi connectivity index (χ2n) is 4.06. The molecule has 0 amide bonds. The van der Waals surface area contributed by atoms with Gasteiger partial charge in [0.15, 0.2) is 0 Å². The van der Waals surface area contributed by atoms with Crippen LogP contribution in [-0.4, -0.2) is 44.1 Å². The van der Waals surface area contributed by atoms with Gasteiger partial charge in [-0.2, -0.15) is 0 Å². The number of hydrogen-bond donors (Lipinski definition) is 3. The number of fused-ring (bicyclic) bond motifs is 1. The van der Waals surface area contributed by atoms with Gasteiger partial charge in [-0.05, 0) is 25.1 Å². The normalized spacial score (nSPS) is 11.3. The fraction of sp³-hybridized carbons (Fsp3) is 0.333. The Morgan fingerprint density at radius 2 is 2.06 bits per heavy atom. The Labute approximate surface area is 103 Å². The fourth-order valence-electron chi connectivity index (χ4n) is 2.03. The number of carbonyl (C=O) groups is 1. The predicted octanol–water partition coefficient (Wildman–Crippen LogP) is 0.569. The summed E-state index contributed by atoms with van der Waals surface area (Å²) in [4.78, 5) is 15.1. The van der Waals surface area contributed by atoms with Crippen molar-refractivity contribution in [3.63, 3.8) is 0 Å². The zero-order valence-electron chi connectivity index (χ0n) is 9.87. The fourth-order valence-corrected chi connectivity index (χ4v) is 2.03. The number of benzene rings is 1. The lowest BCUT2D eigenvalue weighted by Gasteiger charge is -2.15. The Morgan fingerprint density at radius 1 is 1.39 bits per heavy atom. The molecule has 0 aliphatic heterocycles. The van der Waals surface area contributed by atoms with Gasteiger partial charge in [0.05, 0.1) is 35.9 Å². The molecule has 0 spiro atoms. The summed E-state index contributed by atoms with van der Waals surface area (Å²) >= 11 is 0. The van der Waals surface area contributed by atoms with Gasteiger partial charge in [0.25, 0.3) is 0 Å². The molecular formula is C12H14N2O4. The zero-order valence-corrected chi connectivity index (χ0v) is 9.87. The van der Waals surface area contributed by atoms with E-state index >= 15 is 0 Å². The van der Waals surface area contributed by atoms with Crippen molar-refractivity contribution in [2.24, 2.45) is 0 Å². The molecule has 0 bridgehead atoms. The Bertz CT molecular complexity index is 587. The summed E-state index contributed by atoms with van der Waals surface area (Å²) in [6, 6.07) is 4.13. The Balaban J connectivity index is 2.62. The second kappa shape index (κ2) is 4.75. The molecule has 0 fully saturated rings. The average molecular weight is 250 g/mol. The summed E-state index contributed by atoms with van der Waals surface area (Å²) in [6.45, 7) is 1.34. The van der Waals surface area contributed by atoms with Crippen LogP contribution in [-0.2, 0) is 0 Å². The van der Waals surface area contributed by atoms with Crippen LogP contribution < -0.4 is 0 Å². The van der Waals surface area contributed by atoms with Gasteiger partial charge in [-0.3, -0.25) is 0 Å². The molecule has 0 aliphatic carbocycles. The van der Waals surface area contributed by atoms with Crippen LogP contribution in [0.4, 0.5) is 0 Å². The summed E-state index contributed by atoms with van der Waals surface area (Å²) in [7, 11) is 0. The molecule has 6 nitrogen and oxygen atoms in total. The highest BCUT2D eigenvalue weighted by Gasteiger charge is 2.16. The number of nitrogens with zero attached hydrogens (tertiary/aromatic N) is 2. The van der Waals surface area contributed by atoms with E-state index in [1.807, 2.05) is 0 Å². The van der Waals surface area contributed by atoms with E-state index in [4.69, 9.17) is 5.11 Å². The number of aliphatic hydroxyl groups is 2. The molecule has 0 saturated carbocycles.